The molecule has 1 amide bonds. The molecule has 0 aromatic heterocycles. The van der Waals surface area contributed by atoms with Crippen LogP contribution in [0.15, 0.2) is 24.3 Å². The summed E-state index contributed by atoms with van der Waals surface area (Å²) in [5.41, 5.74) is 2.42. The number of amides is 1. The summed E-state index contributed by atoms with van der Waals surface area (Å²) in [6.07, 6.45) is 5.75. The highest BCUT2D eigenvalue weighted by atomic mass is 16.2. The number of likely N-dealkylation sites (tertiary alicyclic amines) is 1. The molecule has 0 saturated carbocycles. The van der Waals surface area contributed by atoms with Crippen molar-refractivity contribution in [3.8, 4) is 0 Å². The molecule has 0 unspecified atom stereocenters. The molecule has 0 atom stereocenters. The maximum absolute atomic E-state index is 11.7. The SMILES string of the molecule is O=C1CCCN1c1ccc(CN2CCCCC2)cc1. The largest absolute Gasteiger partial charge is 0.312 e. The average Bonchev–Trinajstić information content (AvgIpc) is 2.87. The van der Waals surface area contributed by atoms with Gasteiger partial charge in [-0.1, -0.05) is 18.6 Å². The Hall–Kier alpha value is -1.35. The van der Waals surface area contributed by atoms with Gasteiger partial charge >= 0.3 is 0 Å². The third-order valence-corrected chi connectivity index (χ3v) is 4.18. The molecule has 0 bridgehead atoms. The quantitative estimate of drug-likeness (QED) is 0.832. The molecule has 0 spiro atoms. The number of nitrogens with zero attached hydrogens (tertiary/aromatic N) is 2. The number of rotatable bonds is 3. The van der Waals surface area contributed by atoms with Gasteiger partial charge in [-0.3, -0.25) is 9.69 Å². The van der Waals surface area contributed by atoms with Crippen molar-refractivity contribution in [2.75, 3.05) is 24.5 Å². The minimum atomic E-state index is 0.267. The number of carbonyl (C=O) groups is 1. The zero-order valence-corrected chi connectivity index (χ0v) is 11.5. The van der Waals surface area contributed by atoms with E-state index in [0.717, 1.165) is 25.2 Å². The highest BCUT2D eigenvalue weighted by Gasteiger charge is 2.21. The van der Waals surface area contributed by atoms with E-state index in [9.17, 15) is 4.79 Å². The van der Waals surface area contributed by atoms with Crippen molar-refractivity contribution in [2.45, 2.75) is 38.6 Å². The Bertz CT molecular complexity index is 435. The Morgan fingerprint density at radius 3 is 2.26 bits per heavy atom. The van der Waals surface area contributed by atoms with Crippen molar-refractivity contribution in [2.24, 2.45) is 0 Å². The van der Waals surface area contributed by atoms with Crippen LogP contribution in [0.25, 0.3) is 0 Å². The van der Waals surface area contributed by atoms with E-state index in [1.54, 1.807) is 0 Å². The zero-order chi connectivity index (χ0) is 13.1. The van der Waals surface area contributed by atoms with Gasteiger partial charge in [0, 0.05) is 25.2 Å². The third kappa shape index (κ3) is 2.98. The van der Waals surface area contributed by atoms with Crippen LogP contribution in [0, 0.1) is 0 Å². The summed E-state index contributed by atoms with van der Waals surface area (Å²) in [4.78, 5) is 16.1. The molecule has 1 aromatic carbocycles. The van der Waals surface area contributed by atoms with Crippen LogP contribution in [0.5, 0.6) is 0 Å². The van der Waals surface area contributed by atoms with E-state index in [0.29, 0.717) is 6.42 Å². The maximum Gasteiger partial charge on any atom is 0.227 e. The van der Waals surface area contributed by atoms with E-state index >= 15 is 0 Å². The minimum absolute atomic E-state index is 0.267. The summed E-state index contributed by atoms with van der Waals surface area (Å²) >= 11 is 0. The van der Waals surface area contributed by atoms with E-state index < -0.39 is 0 Å². The second-order valence-electron chi connectivity index (χ2n) is 5.65. The van der Waals surface area contributed by atoms with Gasteiger partial charge in [-0.2, -0.15) is 0 Å². The van der Waals surface area contributed by atoms with Crippen LogP contribution in [0.1, 0.15) is 37.7 Å². The molecule has 19 heavy (non-hydrogen) atoms. The van der Waals surface area contributed by atoms with Crippen LogP contribution in [-0.4, -0.2) is 30.4 Å². The molecule has 2 aliphatic rings. The number of benzene rings is 1. The molecule has 0 radical (unpaired) electrons. The van der Waals surface area contributed by atoms with E-state index in [1.165, 1.54) is 37.9 Å². The fraction of sp³-hybridized carbons (Fsp3) is 0.562. The van der Waals surface area contributed by atoms with Gasteiger partial charge in [-0.25, -0.2) is 0 Å². The second kappa shape index (κ2) is 5.74. The molecule has 2 heterocycles. The molecule has 0 aliphatic carbocycles. The molecule has 3 heteroatoms. The Balaban J connectivity index is 1.63. The fourth-order valence-corrected chi connectivity index (χ4v) is 3.08. The van der Waals surface area contributed by atoms with Gasteiger partial charge in [0.2, 0.25) is 5.91 Å². The first kappa shape index (κ1) is 12.7. The Morgan fingerprint density at radius 1 is 0.895 bits per heavy atom. The Kier molecular flexibility index (Phi) is 3.83. The molecular formula is C16H22N2O. The highest BCUT2D eigenvalue weighted by Crippen LogP contribution is 2.22. The first-order valence-electron chi connectivity index (χ1n) is 7.44. The van der Waals surface area contributed by atoms with Crippen LogP contribution in [-0.2, 0) is 11.3 Å². The van der Waals surface area contributed by atoms with Crippen molar-refractivity contribution in [3.63, 3.8) is 0 Å². The van der Waals surface area contributed by atoms with Gasteiger partial charge in [0.1, 0.15) is 0 Å². The molecule has 2 saturated heterocycles. The molecule has 2 aliphatic heterocycles. The lowest BCUT2D eigenvalue weighted by Gasteiger charge is -2.26. The number of piperidine rings is 1. The van der Waals surface area contributed by atoms with E-state index in [-0.39, 0.29) is 5.91 Å². The van der Waals surface area contributed by atoms with E-state index in [4.69, 9.17) is 0 Å². The lowest BCUT2D eigenvalue weighted by atomic mass is 10.1. The van der Waals surface area contributed by atoms with Gasteiger partial charge < -0.3 is 4.90 Å². The van der Waals surface area contributed by atoms with E-state index in [2.05, 4.69) is 29.2 Å². The van der Waals surface area contributed by atoms with Crippen LogP contribution < -0.4 is 4.90 Å². The molecule has 1 aromatic rings. The predicted molar refractivity (Wildman–Crippen MR) is 77.2 cm³/mol. The van der Waals surface area contributed by atoms with Crippen molar-refractivity contribution < 1.29 is 4.79 Å². The summed E-state index contributed by atoms with van der Waals surface area (Å²) in [7, 11) is 0. The summed E-state index contributed by atoms with van der Waals surface area (Å²) in [5, 5.41) is 0. The number of anilines is 1. The molecular weight excluding hydrogens is 236 g/mol. The van der Waals surface area contributed by atoms with Crippen molar-refractivity contribution in [1.82, 2.24) is 4.90 Å². The zero-order valence-electron chi connectivity index (χ0n) is 11.5. The van der Waals surface area contributed by atoms with Gasteiger partial charge in [-0.15, -0.1) is 0 Å². The molecule has 102 valence electrons. The lowest BCUT2D eigenvalue weighted by molar-refractivity contribution is -0.117. The van der Waals surface area contributed by atoms with Crippen LogP contribution in [0.2, 0.25) is 0 Å². The number of hydrogen-bond donors (Lipinski definition) is 0. The van der Waals surface area contributed by atoms with Crippen LogP contribution in [0.3, 0.4) is 0 Å². The third-order valence-electron chi connectivity index (χ3n) is 4.18. The highest BCUT2D eigenvalue weighted by molar-refractivity contribution is 5.95. The summed E-state index contributed by atoms with van der Waals surface area (Å²) < 4.78 is 0. The Labute approximate surface area is 115 Å². The molecule has 3 rings (SSSR count). The van der Waals surface area contributed by atoms with Crippen LogP contribution in [0.4, 0.5) is 5.69 Å². The van der Waals surface area contributed by atoms with Gasteiger partial charge in [0.25, 0.3) is 0 Å². The number of carbonyl (C=O) groups excluding carboxylic acids is 1. The molecule has 0 N–H and O–H groups in total. The van der Waals surface area contributed by atoms with Crippen molar-refractivity contribution >= 4 is 11.6 Å². The second-order valence-corrected chi connectivity index (χ2v) is 5.65. The van der Waals surface area contributed by atoms with Gasteiger partial charge in [0.15, 0.2) is 0 Å². The summed E-state index contributed by atoms with van der Waals surface area (Å²) in [6.45, 7) is 4.39. The van der Waals surface area contributed by atoms with Crippen molar-refractivity contribution in [1.29, 1.82) is 0 Å². The molecule has 3 nitrogen and oxygen atoms in total. The van der Waals surface area contributed by atoms with Gasteiger partial charge in [0.05, 0.1) is 0 Å². The smallest absolute Gasteiger partial charge is 0.227 e. The minimum Gasteiger partial charge on any atom is -0.312 e. The standard InChI is InChI=1S/C16H22N2O/c19-16-5-4-12-18(16)15-8-6-14(7-9-15)13-17-10-2-1-3-11-17/h6-9H,1-5,10-13H2. The maximum atomic E-state index is 11.7. The first-order valence-corrected chi connectivity index (χ1v) is 7.44. The fourth-order valence-electron chi connectivity index (χ4n) is 3.08. The summed E-state index contributed by atoms with van der Waals surface area (Å²) in [5.74, 6) is 0.267. The molecule has 2 fully saturated rings. The lowest BCUT2D eigenvalue weighted by Crippen LogP contribution is -2.29. The Morgan fingerprint density at radius 2 is 1.63 bits per heavy atom. The monoisotopic (exact) mass is 258 g/mol. The van der Waals surface area contributed by atoms with E-state index in [1.807, 2.05) is 4.90 Å². The van der Waals surface area contributed by atoms with Crippen LogP contribution >= 0.6 is 0 Å². The van der Waals surface area contributed by atoms with Gasteiger partial charge in [-0.05, 0) is 50.0 Å². The normalized spacial score (nSPS) is 21.1. The topological polar surface area (TPSA) is 23.6 Å². The van der Waals surface area contributed by atoms with Crippen molar-refractivity contribution in [3.05, 3.63) is 29.8 Å². The predicted octanol–water partition coefficient (Wildman–Crippen LogP) is 2.80. The number of hydrogen-bond acceptors (Lipinski definition) is 2. The summed E-state index contributed by atoms with van der Waals surface area (Å²) in [6, 6.07) is 8.55. The average molecular weight is 258 g/mol. The first-order chi connectivity index (χ1) is 9.33.